The summed E-state index contributed by atoms with van der Waals surface area (Å²) < 4.78 is 32.4. The number of hydrogen-bond acceptors (Lipinski definition) is 6. The number of nitrogens with zero attached hydrogens (tertiary/aromatic N) is 5. The lowest BCUT2D eigenvalue weighted by molar-refractivity contribution is -0.149. The van der Waals surface area contributed by atoms with Crippen LogP contribution in [0.5, 0.6) is 5.75 Å². The molecule has 1 aliphatic heterocycles. The van der Waals surface area contributed by atoms with Gasteiger partial charge in [-0.1, -0.05) is 18.2 Å². The molecule has 0 saturated carbocycles. The zero-order valence-electron chi connectivity index (χ0n) is 20.6. The average molecular weight is 508 g/mol. The van der Waals surface area contributed by atoms with Crippen LogP contribution in [-0.4, -0.2) is 50.1 Å². The maximum Gasteiger partial charge on any atom is 0.387 e. The van der Waals surface area contributed by atoms with E-state index in [1.807, 2.05) is 34.6 Å². The van der Waals surface area contributed by atoms with Gasteiger partial charge < -0.3 is 19.1 Å². The number of piperidine rings is 1. The van der Waals surface area contributed by atoms with Gasteiger partial charge in [-0.05, 0) is 44.9 Å². The van der Waals surface area contributed by atoms with E-state index in [2.05, 4.69) is 15.0 Å². The van der Waals surface area contributed by atoms with Gasteiger partial charge in [0, 0.05) is 60.5 Å². The van der Waals surface area contributed by atoms with E-state index in [4.69, 9.17) is 4.74 Å². The number of aryl methyl sites for hydroxylation is 1. The van der Waals surface area contributed by atoms with Crippen LogP contribution in [0, 0.1) is 12.3 Å². The molecule has 0 radical (unpaired) electrons. The van der Waals surface area contributed by atoms with Crippen LogP contribution in [0.15, 0.2) is 55.0 Å². The fourth-order valence-corrected chi connectivity index (χ4v) is 4.68. The number of imidazole rings is 1. The highest BCUT2D eigenvalue weighted by molar-refractivity contribution is 5.74. The highest BCUT2D eigenvalue weighted by Gasteiger charge is 2.37. The summed E-state index contributed by atoms with van der Waals surface area (Å²) in [5.74, 6) is -0.0432. The van der Waals surface area contributed by atoms with E-state index >= 15 is 0 Å². The lowest BCUT2D eigenvalue weighted by Gasteiger charge is -2.36. The smallest absolute Gasteiger partial charge is 0.387 e. The summed E-state index contributed by atoms with van der Waals surface area (Å²) in [6, 6.07) is 10.6. The van der Waals surface area contributed by atoms with E-state index in [-0.39, 0.29) is 5.75 Å². The van der Waals surface area contributed by atoms with Crippen molar-refractivity contribution in [1.29, 1.82) is 0 Å². The number of carboxylic acids is 1. The third-order valence-corrected chi connectivity index (χ3v) is 7.10. The van der Waals surface area contributed by atoms with E-state index in [9.17, 15) is 18.7 Å². The second-order valence-electron chi connectivity index (χ2n) is 9.58. The Hall–Kier alpha value is -4.08. The minimum atomic E-state index is -2.90. The molecule has 3 aromatic heterocycles. The van der Waals surface area contributed by atoms with Crippen LogP contribution in [0.3, 0.4) is 0 Å². The average Bonchev–Trinajstić information content (AvgIpc) is 3.19. The second-order valence-corrected chi connectivity index (χ2v) is 9.58. The summed E-state index contributed by atoms with van der Waals surface area (Å²) >= 11 is 0. The minimum absolute atomic E-state index is 0.147. The second kappa shape index (κ2) is 9.76. The van der Waals surface area contributed by atoms with Crippen LogP contribution in [0.25, 0.3) is 16.8 Å². The third-order valence-electron chi connectivity index (χ3n) is 7.10. The number of fused-ring (bicyclic) bond motifs is 1. The van der Waals surface area contributed by atoms with E-state index in [1.165, 1.54) is 6.07 Å². The Morgan fingerprint density at radius 3 is 2.49 bits per heavy atom. The number of alkyl halides is 2. The van der Waals surface area contributed by atoms with Crippen molar-refractivity contribution < 1.29 is 23.4 Å². The van der Waals surface area contributed by atoms with Crippen LogP contribution in [0.1, 0.15) is 36.7 Å². The Kier molecular flexibility index (Phi) is 6.49. The molecule has 1 aliphatic rings. The van der Waals surface area contributed by atoms with Crippen LogP contribution in [0.4, 0.5) is 14.7 Å². The topological polar surface area (TPSA) is 92.9 Å². The first kappa shape index (κ1) is 24.6. The molecule has 8 nitrogen and oxygen atoms in total. The summed E-state index contributed by atoms with van der Waals surface area (Å²) in [5, 5.41) is 9.45. The highest BCUT2D eigenvalue weighted by atomic mass is 19.3. The molecule has 37 heavy (non-hydrogen) atoms. The number of para-hydroxylation sites is 1. The molecule has 192 valence electrons. The Balaban J connectivity index is 1.39. The number of aliphatic carboxylic acids is 1. The molecule has 0 spiro atoms. The predicted octanol–water partition coefficient (Wildman–Crippen LogP) is 4.98. The van der Waals surface area contributed by atoms with E-state index < -0.39 is 18.0 Å². The van der Waals surface area contributed by atoms with Crippen LogP contribution >= 0.6 is 0 Å². The number of anilines is 1. The van der Waals surface area contributed by atoms with Gasteiger partial charge >= 0.3 is 12.6 Å². The summed E-state index contributed by atoms with van der Waals surface area (Å²) in [7, 11) is 0. The number of hydrogen-bond donors (Lipinski definition) is 1. The molecule has 0 bridgehead atoms. The molecule has 1 saturated heterocycles. The van der Waals surface area contributed by atoms with Gasteiger partial charge in [0.25, 0.3) is 0 Å². The zero-order chi connectivity index (χ0) is 26.2. The first-order chi connectivity index (χ1) is 17.7. The van der Waals surface area contributed by atoms with Crippen molar-refractivity contribution in [3.8, 4) is 16.9 Å². The van der Waals surface area contributed by atoms with Gasteiger partial charge in [-0.2, -0.15) is 8.78 Å². The number of benzene rings is 1. The standard InChI is InChI=1S/C27H27F2N5O3/c1-17-21(13-18-5-3-4-6-22(18)37-25(28)29)34-16-19(7-8-23(34)32-17)20-14-30-26(31-15-20)33-11-9-27(2,10-12-33)24(35)36/h3-8,14-16,25H,9-13H2,1-2H3,(H,35,36). The molecule has 4 aromatic rings. The van der Waals surface area contributed by atoms with Crippen LogP contribution in [0.2, 0.25) is 0 Å². The minimum Gasteiger partial charge on any atom is -0.481 e. The molecule has 5 rings (SSSR count). The lowest BCUT2D eigenvalue weighted by atomic mass is 9.80. The Labute approximate surface area is 212 Å². The molecular formula is C27H27F2N5O3. The van der Waals surface area contributed by atoms with Gasteiger partial charge in [-0.3, -0.25) is 4.79 Å². The molecule has 1 aromatic carbocycles. The Morgan fingerprint density at radius 1 is 1.11 bits per heavy atom. The molecule has 10 heteroatoms. The fraction of sp³-hybridized carbons (Fsp3) is 0.333. The van der Waals surface area contributed by atoms with Gasteiger partial charge in [-0.25, -0.2) is 15.0 Å². The number of halogens is 2. The molecule has 0 amide bonds. The fourth-order valence-electron chi connectivity index (χ4n) is 4.68. The van der Waals surface area contributed by atoms with Crippen molar-refractivity contribution >= 4 is 17.6 Å². The van der Waals surface area contributed by atoms with Crippen LogP contribution < -0.4 is 9.64 Å². The van der Waals surface area contributed by atoms with Crippen molar-refractivity contribution in [1.82, 2.24) is 19.4 Å². The van der Waals surface area contributed by atoms with Crippen molar-refractivity contribution in [2.45, 2.75) is 39.7 Å². The normalized spacial score (nSPS) is 15.3. The van der Waals surface area contributed by atoms with Crippen molar-refractivity contribution in [2.24, 2.45) is 5.41 Å². The summed E-state index contributed by atoms with van der Waals surface area (Å²) in [5.41, 5.74) is 4.05. The number of aromatic nitrogens is 4. The van der Waals surface area contributed by atoms with E-state index in [0.29, 0.717) is 43.9 Å². The quantitative estimate of drug-likeness (QED) is 0.377. The maximum atomic E-state index is 12.9. The van der Waals surface area contributed by atoms with Gasteiger partial charge in [-0.15, -0.1) is 0 Å². The number of rotatable bonds is 7. The lowest BCUT2D eigenvalue weighted by Crippen LogP contribution is -2.43. The van der Waals surface area contributed by atoms with Gasteiger partial charge in [0.1, 0.15) is 11.4 Å². The molecule has 1 N–H and O–H groups in total. The third kappa shape index (κ3) is 4.96. The molecule has 0 unspecified atom stereocenters. The number of carbonyl (C=O) groups is 1. The molecular weight excluding hydrogens is 480 g/mol. The monoisotopic (exact) mass is 507 g/mol. The predicted molar refractivity (Wildman–Crippen MR) is 134 cm³/mol. The zero-order valence-corrected chi connectivity index (χ0v) is 20.6. The van der Waals surface area contributed by atoms with Crippen molar-refractivity contribution in [2.75, 3.05) is 18.0 Å². The maximum absolute atomic E-state index is 12.9. The summed E-state index contributed by atoms with van der Waals surface area (Å²) in [4.78, 5) is 27.2. The van der Waals surface area contributed by atoms with Gasteiger partial charge in [0.15, 0.2) is 0 Å². The number of pyridine rings is 1. The molecule has 1 fully saturated rings. The molecule has 4 heterocycles. The largest absolute Gasteiger partial charge is 0.481 e. The summed E-state index contributed by atoms with van der Waals surface area (Å²) in [6.45, 7) is 1.95. The van der Waals surface area contributed by atoms with E-state index in [1.54, 1.807) is 37.5 Å². The number of carboxylic acid groups (broad SMARTS) is 1. The number of ether oxygens (including phenoxy) is 1. The molecule has 0 aliphatic carbocycles. The Morgan fingerprint density at radius 2 is 1.81 bits per heavy atom. The van der Waals surface area contributed by atoms with Crippen molar-refractivity contribution in [3.63, 3.8) is 0 Å². The first-order valence-electron chi connectivity index (χ1n) is 12.0. The SMILES string of the molecule is Cc1nc2ccc(-c3cnc(N4CCC(C)(C(=O)O)CC4)nc3)cn2c1Cc1ccccc1OC(F)F. The highest BCUT2D eigenvalue weighted by Crippen LogP contribution is 2.33. The summed E-state index contributed by atoms with van der Waals surface area (Å²) in [6.07, 6.45) is 6.90. The van der Waals surface area contributed by atoms with Gasteiger partial charge in [0.05, 0.1) is 11.1 Å². The first-order valence-corrected chi connectivity index (χ1v) is 12.0. The van der Waals surface area contributed by atoms with Crippen LogP contribution in [-0.2, 0) is 11.2 Å². The Bertz CT molecular complexity index is 1430. The molecule has 0 atom stereocenters. The van der Waals surface area contributed by atoms with Crippen molar-refractivity contribution in [3.05, 3.63) is 71.9 Å². The van der Waals surface area contributed by atoms with Gasteiger partial charge in [0.2, 0.25) is 5.95 Å². The van der Waals surface area contributed by atoms with E-state index in [0.717, 1.165) is 28.2 Å².